The predicted octanol–water partition coefficient (Wildman–Crippen LogP) is 2.12. The molecule has 164 valence electrons. The molecule has 1 saturated heterocycles. The standard InChI is InChI=1S/C21H29N5O3.ClH/c1-15(21(27)28-2)29-18-5-3-16(4-6-18)14-25-10-7-17(8-11-25)20-24-23-19-13-22-9-12-26(19)20;/h3-6,15,17,22H,7-14H2,1-2H3;1H. The predicted molar refractivity (Wildman–Crippen MR) is 115 cm³/mol. The molecule has 9 heteroatoms. The molecule has 1 atom stereocenters. The van der Waals surface area contributed by atoms with Gasteiger partial charge in [0.1, 0.15) is 17.4 Å². The first-order chi connectivity index (χ1) is 14.1. The summed E-state index contributed by atoms with van der Waals surface area (Å²) in [6, 6.07) is 7.96. The monoisotopic (exact) mass is 435 g/mol. The molecule has 1 aromatic heterocycles. The van der Waals surface area contributed by atoms with E-state index in [9.17, 15) is 4.79 Å². The zero-order valence-electron chi connectivity index (χ0n) is 17.5. The van der Waals surface area contributed by atoms with Gasteiger partial charge in [-0.15, -0.1) is 22.6 Å². The Kier molecular flexibility index (Phi) is 7.69. The Labute approximate surface area is 183 Å². The third-order valence-corrected chi connectivity index (χ3v) is 5.78. The molecule has 0 aliphatic carbocycles. The van der Waals surface area contributed by atoms with E-state index in [2.05, 4.69) is 37.1 Å². The summed E-state index contributed by atoms with van der Waals surface area (Å²) in [5, 5.41) is 12.2. The van der Waals surface area contributed by atoms with Crippen molar-refractivity contribution in [3.8, 4) is 5.75 Å². The Balaban J connectivity index is 0.00000256. The number of halogens is 1. The summed E-state index contributed by atoms with van der Waals surface area (Å²) in [7, 11) is 1.36. The summed E-state index contributed by atoms with van der Waals surface area (Å²) in [5.74, 6) is 3.04. The van der Waals surface area contributed by atoms with Gasteiger partial charge in [0.15, 0.2) is 6.10 Å². The van der Waals surface area contributed by atoms with Crippen LogP contribution in [0.2, 0.25) is 0 Å². The van der Waals surface area contributed by atoms with E-state index >= 15 is 0 Å². The average molecular weight is 436 g/mol. The lowest BCUT2D eigenvalue weighted by Gasteiger charge is -2.32. The summed E-state index contributed by atoms with van der Waals surface area (Å²) < 4.78 is 12.6. The third-order valence-electron chi connectivity index (χ3n) is 5.78. The highest BCUT2D eigenvalue weighted by molar-refractivity contribution is 5.85. The van der Waals surface area contributed by atoms with Crippen molar-refractivity contribution in [2.45, 2.75) is 51.4 Å². The van der Waals surface area contributed by atoms with Crippen LogP contribution in [-0.2, 0) is 29.2 Å². The number of benzene rings is 1. The van der Waals surface area contributed by atoms with Crippen molar-refractivity contribution in [1.29, 1.82) is 0 Å². The minimum absolute atomic E-state index is 0. The first-order valence-electron chi connectivity index (χ1n) is 10.3. The molecule has 1 aromatic carbocycles. The lowest BCUT2D eigenvalue weighted by molar-refractivity contribution is -0.147. The summed E-state index contributed by atoms with van der Waals surface area (Å²) >= 11 is 0. The summed E-state index contributed by atoms with van der Waals surface area (Å²) in [4.78, 5) is 14.0. The number of aromatic nitrogens is 3. The average Bonchev–Trinajstić information content (AvgIpc) is 3.19. The molecule has 0 amide bonds. The van der Waals surface area contributed by atoms with E-state index in [0.717, 1.165) is 57.9 Å². The van der Waals surface area contributed by atoms with Crippen LogP contribution in [0.5, 0.6) is 5.75 Å². The van der Waals surface area contributed by atoms with Gasteiger partial charge >= 0.3 is 5.97 Å². The van der Waals surface area contributed by atoms with Crippen LogP contribution in [0.4, 0.5) is 0 Å². The molecule has 30 heavy (non-hydrogen) atoms. The van der Waals surface area contributed by atoms with Crippen molar-refractivity contribution in [3.63, 3.8) is 0 Å². The van der Waals surface area contributed by atoms with Gasteiger partial charge in [-0.3, -0.25) is 4.90 Å². The molecule has 2 aliphatic heterocycles. The van der Waals surface area contributed by atoms with Gasteiger partial charge in [-0.1, -0.05) is 12.1 Å². The highest BCUT2D eigenvalue weighted by Crippen LogP contribution is 2.28. The van der Waals surface area contributed by atoms with Gasteiger partial charge < -0.3 is 19.4 Å². The maximum absolute atomic E-state index is 11.5. The van der Waals surface area contributed by atoms with Crippen LogP contribution in [0.25, 0.3) is 0 Å². The Morgan fingerprint density at radius 3 is 2.63 bits per heavy atom. The van der Waals surface area contributed by atoms with Crippen LogP contribution < -0.4 is 10.1 Å². The molecule has 0 spiro atoms. The molecule has 8 nitrogen and oxygen atoms in total. The van der Waals surface area contributed by atoms with Crippen LogP contribution in [0, 0.1) is 0 Å². The van der Waals surface area contributed by atoms with E-state index < -0.39 is 6.10 Å². The number of hydrogen-bond donors (Lipinski definition) is 1. The first-order valence-corrected chi connectivity index (χ1v) is 10.3. The van der Waals surface area contributed by atoms with Crippen LogP contribution in [0.15, 0.2) is 24.3 Å². The van der Waals surface area contributed by atoms with Gasteiger partial charge in [-0.25, -0.2) is 4.79 Å². The van der Waals surface area contributed by atoms with E-state index in [1.807, 2.05) is 12.1 Å². The quantitative estimate of drug-likeness (QED) is 0.696. The SMILES string of the molecule is COC(=O)C(C)Oc1ccc(CN2CCC(c3nnc4n3CCNC4)CC2)cc1.Cl. The summed E-state index contributed by atoms with van der Waals surface area (Å²) in [5.41, 5.74) is 1.24. The van der Waals surface area contributed by atoms with Gasteiger partial charge in [0.2, 0.25) is 0 Å². The maximum atomic E-state index is 11.5. The molecule has 2 aromatic rings. The number of hydrogen-bond acceptors (Lipinski definition) is 7. The van der Waals surface area contributed by atoms with Crippen molar-refractivity contribution in [3.05, 3.63) is 41.5 Å². The topological polar surface area (TPSA) is 81.5 Å². The molecular formula is C21H30ClN5O3. The van der Waals surface area contributed by atoms with Gasteiger partial charge in [-0.05, 0) is 50.6 Å². The second-order valence-corrected chi connectivity index (χ2v) is 7.78. The van der Waals surface area contributed by atoms with Gasteiger partial charge in [-0.2, -0.15) is 0 Å². The minimum Gasteiger partial charge on any atom is -0.479 e. The van der Waals surface area contributed by atoms with Crippen LogP contribution in [0.3, 0.4) is 0 Å². The molecule has 4 rings (SSSR count). The lowest BCUT2D eigenvalue weighted by Crippen LogP contribution is -2.34. The molecule has 2 aliphatic rings. The Morgan fingerprint density at radius 2 is 1.93 bits per heavy atom. The van der Waals surface area contributed by atoms with E-state index in [4.69, 9.17) is 9.47 Å². The fourth-order valence-electron chi connectivity index (χ4n) is 4.12. The third kappa shape index (κ3) is 5.11. The summed E-state index contributed by atoms with van der Waals surface area (Å²) in [6.45, 7) is 7.51. The van der Waals surface area contributed by atoms with Gasteiger partial charge in [0.05, 0.1) is 13.7 Å². The molecule has 0 radical (unpaired) electrons. The number of carbonyl (C=O) groups is 1. The van der Waals surface area contributed by atoms with Crippen LogP contribution in [0.1, 0.15) is 42.9 Å². The molecule has 0 bridgehead atoms. The number of methoxy groups -OCH3 is 1. The largest absolute Gasteiger partial charge is 0.479 e. The van der Waals surface area contributed by atoms with Crippen molar-refractivity contribution >= 4 is 18.4 Å². The number of rotatable bonds is 6. The Bertz CT molecular complexity index is 834. The van der Waals surface area contributed by atoms with Crippen molar-refractivity contribution in [2.75, 3.05) is 26.7 Å². The van der Waals surface area contributed by atoms with E-state index in [1.54, 1.807) is 6.92 Å². The molecule has 1 fully saturated rings. The first kappa shape index (κ1) is 22.5. The lowest BCUT2D eigenvalue weighted by atomic mass is 9.95. The smallest absolute Gasteiger partial charge is 0.346 e. The highest BCUT2D eigenvalue weighted by atomic mass is 35.5. The number of nitrogens with zero attached hydrogens (tertiary/aromatic N) is 4. The normalized spacial score (nSPS) is 18.2. The maximum Gasteiger partial charge on any atom is 0.346 e. The van der Waals surface area contributed by atoms with Gasteiger partial charge in [0, 0.05) is 25.6 Å². The number of piperidine rings is 1. The number of ether oxygens (including phenoxy) is 2. The molecular weight excluding hydrogens is 406 g/mol. The summed E-state index contributed by atoms with van der Waals surface area (Å²) in [6.07, 6.45) is 1.62. The van der Waals surface area contributed by atoms with Crippen LogP contribution in [-0.4, -0.2) is 58.5 Å². The number of fused-ring (bicyclic) bond motifs is 1. The molecule has 3 heterocycles. The number of esters is 1. The Morgan fingerprint density at radius 1 is 1.20 bits per heavy atom. The van der Waals surface area contributed by atoms with Crippen molar-refractivity contribution < 1.29 is 14.3 Å². The van der Waals surface area contributed by atoms with Crippen molar-refractivity contribution in [1.82, 2.24) is 25.0 Å². The Hall–Kier alpha value is -2.16. The number of likely N-dealkylation sites (tertiary alicyclic amines) is 1. The minimum atomic E-state index is -0.608. The van der Waals surface area contributed by atoms with Crippen molar-refractivity contribution in [2.24, 2.45) is 0 Å². The molecule has 1 unspecified atom stereocenters. The second kappa shape index (κ2) is 10.2. The van der Waals surface area contributed by atoms with E-state index in [1.165, 1.54) is 18.5 Å². The molecule has 0 saturated carbocycles. The fraction of sp³-hybridized carbons (Fsp3) is 0.571. The van der Waals surface area contributed by atoms with Gasteiger partial charge in [0.25, 0.3) is 0 Å². The van der Waals surface area contributed by atoms with E-state index in [-0.39, 0.29) is 18.4 Å². The van der Waals surface area contributed by atoms with Crippen LogP contribution >= 0.6 is 12.4 Å². The highest BCUT2D eigenvalue weighted by Gasteiger charge is 2.27. The zero-order chi connectivity index (χ0) is 20.2. The van der Waals surface area contributed by atoms with E-state index in [0.29, 0.717) is 11.7 Å². The fourth-order valence-corrected chi connectivity index (χ4v) is 4.12. The number of nitrogens with one attached hydrogen (secondary N) is 1. The zero-order valence-corrected chi connectivity index (χ0v) is 18.4. The number of carbonyl (C=O) groups excluding carboxylic acids is 1. The second-order valence-electron chi connectivity index (χ2n) is 7.78. The molecule has 1 N–H and O–H groups in total.